The third kappa shape index (κ3) is 3.98. The summed E-state index contributed by atoms with van der Waals surface area (Å²) in [4.78, 5) is 0.227. The smallest absolute Gasteiger partial charge is 0.210 e. The Hall–Kier alpha value is -1.72. The fraction of sp³-hybridized carbons (Fsp3) is 0.333. The molecule has 0 heterocycles. The van der Waals surface area contributed by atoms with E-state index in [1.165, 1.54) is 6.07 Å². The topological polar surface area (TPSA) is 46.2 Å². The molecule has 0 fully saturated rings. The van der Waals surface area contributed by atoms with Crippen LogP contribution < -0.4 is 4.72 Å². The molecule has 124 valence electrons. The van der Waals surface area contributed by atoms with Crippen LogP contribution in [0.5, 0.6) is 0 Å². The molecule has 0 aliphatic rings. The van der Waals surface area contributed by atoms with E-state index in [4.69, 9.17) is 0 Å². The van der Waals surface area contributed by atoms with Gasteiger partial charge in [0.15, 0.2) is 0 Å². The zero-order valence-corrected chi connectivity index (χ0v) is 14.7. The molecule has 2 aromatic carbocycles. The van der Waals surface area contributed by atoms with Crippen LogP contribution in [0.1, 0.15) is 30.5 Å². The van der Waals surface area contributed by atoms with Crippen molar-refractivity contribution in [3.63, 3.8) is 0 Å². The van der Waals surface area contributed by atoms with Gasteiger partial charge < -0.3 is 0 Å². The fourth-order valence-electron chi connectivity index (χ4n) is 2.35. The lowest BCUT2D eigenvalue weighted by atomic mass is 9.84. The van der Waals surface area contributed by atoms with E-state index in [0.29, 0.717) is 5.56 Å². The van der Waals surface area contributed by atoms with Crippen LogP contribution in [0.15, 0.2) is 47.4 Å². The lowest BCUT2D eigenvalue weighted by Crippen LogP contribution is -2.37. The minimum atomic E-state index is -3.63. The number of halogens is 1. The van der Waals surface area contributed by atoms with Crippen LogP contribution >= 0.6 is 0 Å². The van der Waals surface area contributed by atoms with Gasteiger partial charge in [-0.1, -0.05) is 38.1 Å². The van der Waals surface area contributed by atoms with Gasteiger partial charge in [0.05, 0.1) is 4.90 Å². The van der Waals surface area contributed by atoms with Crippen LogP contribution in [0.4, 0.5) is 4.39 Å². The first-order valence-corrected chi connectivity index (χ1v) is 8.94. The summed E-state index contributed by atoms with van der Waals surface area (Å²) in [6.07, 6.45) is 0. The molecule has 0 unspecified atom stereocenters. The quantitative estimate of drug-likeness (QED) is 0.905. The number of hydrogen-bond donors (Lipinski definition) is 1. The van der Waals surface area contributed by atoms with Gasteiger partial charge in [0.1, 0.15) is 5.82 Å². The molecule has 5 heteroatoms. The summed E-state index contributed by atoms with van der Waals surface area (Å²) in [6.45, 7) is 7.55. The SMILES string of the molecule is Cc1ccc(S(=O)(=O)NCC(C)(C)c2ccccc2F)cc1C. The van der Waals surface area contributed by atoms with Crippen molar-refractivity contribution in [2.45, 2.75) is 38.0 Å². The number of rotatable bonds is 5. The van der Waals surface area contributed by atoms with Crippen LogP contribution in [-0.4, -0.2) is 15.0 Å². The van der Waals surface area contributed by atoms with Gasteiger partial charge in [-0.15, -0.1) is 0 Å². The van der Waals surface area contributed by atoms with E-state index in [1.807, 2.05) is 27.7 Å². The minimum absolute atomic E-state index is 0.114. The van der Waals surface area contributed by atoms with E-state index in [1.54, 1.807) is 36.4 Å². The first-order valence-electron chi connectivity index (χ1n) is 7.45. The van der Waals surface area contributed by atoms with E-state index in [0.717, 1.165) is 11.1 Å². The zero-order valence-electron chi connectivity index (χ0n) is 13.9. The van der Waals surface area contributed by atoms with E-state index < -0.39 is 15.4 Å². The summed E-state index contributed by atoms with van der Waals surface area (Å²) in [5, 5.41) is 0. The summed E-state index contributed by atoms with van der Waals surface area (Å²) in [6, 6.07) is 11.4. The summed E-state index contributed by atoms with van der Waals surface area (Å²) in [7, 11) is -3.63. The van der Waals surface area contributed by atoms with Gasteiger partial charge >= 0.3 is 0 Å². The maximum absolute atomic E-state index is 13.9. The second-order valence-electron chi connectivity index (χ2n) is 6.43. The van der Waals surface area contributed by atoms with Gasteiger partial charge in [-0.2, -0.15) is 0 Å². The highest BCUT2D eigenvalue weighted by atomic mass is 32.2. The van der Waals surface area contributed by atoms with Crippen molar-refractivity contribution in [2.24, 2.45) is 0 Å². The molecule has 1 N–H and O–H groups in total. The normalized spacial score (nSPS) is 12.4. The number of hydrogen-bond acceptors (Lipinski definition) is 2. The first-order chi connectivity index (χ1) is 10.6. The van der Waals surface area contributed by atoms with Crippen molar-refractivity contribution in [1.82, 2.24) is 4.72 Å². The van der Waals surface area contributed by atoms with Crippen LogP contribution in [0.25, 0.3) is 0 Å². The lowest BCUT2D eigenvalue weighted by Gasteiger charge is -2.26. The Labute approximate surface area is 137 Å². The number of benzene rings is 2. The number of nitrogens with one attached hydrogen (secondary N) is 1. The highest BCUT2D eigenvalue weighted by Gasteiger charge is 2.26. The third-order valence-corrected chi connectivity index (χ3v) is 5.49. The maximum Gasteiger partial charge on any atom is 0.240 e. The predicted octanol–water partition coefficient (Wildman–Crippen LogP) is 3.70. The van der Waals surface area contributed by atoms with Gasteiger partial charge in [0.2, 0.25) is 10.0 Å². The zero-order chi connectivity index (χ0) is 17.3. The van der Waals surface area contributed by atoms with Crippen molar-refractivity contribution in [3.8, 4) is 0 Å². The molecule has 0 saturated heterocycles. The Morgan fingerprint density at radius 2 is 1.70 bits per heavy atom. The third-order valence-electron chi connectivity index (χ3n) is 4.10. The average molecular weight is 335 g/mol. The molecule has 0 aromatic heterocycles. The van der Waals surface area contributed by atoms with Crippen LogP contribution in [-0.2, 0) is 15.4 Å². The van der Waals surface area contributed by atoms with Crippen molar-refractivity contribution >= 4 is 10.0 Å². The second kappa shape index (κ2) is 6.42. The van der Waals surface area contributed by atoms with Crippen molar-refractivity contribution in [3.05, 3.63) is 65.0 Å². The molecule has 0 bridgehead atoms. The molecule has 3 nitrogen and oxygen atoms in total. The Kier molecular flexibility index (Phi) is 4.92. The lowest BCUT2D eigenvalue weighted by molar-refractivity contribution is 0.471. The van der Waals surface area contributed by atoms with Gasteiger partial charge in [-0.3, -0.25) is 0 Å². The molecule has 0 atom stereocenters. The molecule has 0 spiro atoms. The van der Waals surface area contributed by atoms with Crippen LogP contribution in [0.3, 0.4) is 0 Å². The molecule has 0 aliphatic carbocycles. The summed E-state index contributed by atoms with van der Waals surface area (Å²) >= 11 is 0. The van der Waals surface area contributed by atoms with Gasteiger partial charge in [0.25, 0.3) is 0 Å². The average Bonchev–Trinajstić information content (AvgIpc) is 2.48. The van der Waals surface area contributed by atoms with E-state index in [9.17, 15) is 12.8 Å². The number of sulfonamides is 1. The van der Waals surface area contributed by atoms with Crippen molar-refractivity contribution in [1.29, 1.82) is 0 Å². The molecule has 23 heavy (non-hydrogen) atoms. The Morgan fingerprint density at radius 3 is 2.30 bits per heavy atom. The molecule has 2 rings (SSSR count). The van der Waals surface area contributed by atoms with E-state index in [2.05, 4.69) is 4.72 Å². The largest absolute Gasteiger partial charge is 0.240 e. The first kappa shape index (κ1) is 17.6. The minimum Gasteiger partial charge on any atom is -0.210 e. The Bertz CT molecular complexity index is 814. The monoisotopic (exact) mass is 335 g/mol. The summed E-state index contributed by atoms with van der Waals surface area (Å²) in [5.41, 5.74) is 1.79. The Balaban J connectivity index is 2.21. The van der Waals surface area contributed by atoms with E-state index in [-0.39, 0.29) is 17.3 Å². The van der Waals surface area contributed by atoms with Gasteiger partial charge in [-0.25, -0.2) is 17.5 Å². The predicted molar refractivity (Wildman–Crippen MR) is 90.5 cm³/mol. The number of aryl methyl sites for hydroxylation is 2. The molecule has 0 saturated carbocycles. The fourth-order valence-corrected chi connectivity index (χ4v) is 3.64. The molecular formula is C18H22FNO2S. The summed E-state index contributed by atoms with van der Waals surface area (Å²) in [5.74, 6) is -0.331. The van der Waals surface area contributed by atoms with Crippen LogP contribution in [0, 0.1) is 19.7 Å². The summed E-state index contributed by atoms with van der Waals surface area (Å²) < 4.78 is 41.4. The molecular weight excluding hydrogens is 313 g/mol. The maximum atomic E-state index is 13.9. The second-order valence-corrected chi connectivity index (χ2v) is 8.20. The van der Waals surface area contributed by atoms with Gasteiger partial charge in [0, 0.05) is 12.0 Å². The van der Waals surface area contributed by atoms with Crippen molar-refractivity contribution < 1.29 is 12.8 Å². The molecule has 0 radical (unpaired) electrons. The highest BCUT2D eigenvalue weighted by molar-refractivity contribution is 7.89. The molecule has 0 aliphatic heterocycles. The molecule has 0 amide bonds. The van der Waals surface area contributed by atoms with Gasteiger partial charge in [-0.05, 0) is 48.7 Å². The van der Waals surface area contributed by atoms with Crippen molar-refractivity contribution in [2.75, 3.05) is 6.54 Å². The van der Waals surface area contributed by atoms with E-state index >= 15 is 0 Å². The standard InChI is InChI=1S/C18H22FNO2S/c1-13-9-10-15(11-14(13)2)23(21,22)20-12-18(3,4)16-7-5-6-8-17(16)19/h5-11,20H,12H2,1-4H3. The molecule has 2 aromatic rings. The highest BCUT2D eigenvalue weighted by Crippen LogP contribution is 2.25. The Morgan fingerprint density at radius 1 is 1.04 bits per heavy atom. The van der Waals surface area contributed by atoms with Crippen LogP contribution in [0.2, 0.25) is 0 Å².